The van der Waals surface area contributed by atoms with E-state index in [2.05, 4.69) is 4.98 Å². The molecule has 0 saturated heterocycles. The molecular weight excluding hydrogens is 264 g/mol. The van der Waals surface area contributed by atoms with Gasteiger partial charge in [0.05, 0.1) is 12.0 Å². The van der Waals surface area contributed by atoms with E-state index >= 15 is 0 Å². The number of anilines is 2. The Hall–Kier alpha value is -3.03. The molecule has 1 aromatic carbocycles. The molecule has 0 atom stereocenters. The van der Waals surface area contributed by atoms with E-state index < -0.39 is 10.6 Å². The third-order valence-corrected chi connectivity index (χ3v) is 2.51. The molecule has 0 aliphatic carbocycles. The maximum Gasteiger partial charge on any atom is 0.353 e. The Balaban J connectivity index is 2.48. The molecule has 1 aromatic heterocycles. The van der Waals surface area contributed by atoms with Crippen LogP contribution in [-0.2, 0) is 0 Å². The van der Waals surface area contributed by atoms with E-state index in [4.69, 9.17) is 20.9 Å². The van der Waals surface area contributed by atoms with Crippen LogP contribution in [0.3, 0.4) is 0 Å². The lowest BCUT2D eigenvalue weighted by Crippen LogP contribution is -2.01. The van der Waals surface area contributed by atoms with Gasteiger partial charge in [-0.1, -0.05) is 0 Å². The third-order valence-electron chi connectivity index (χ3n) is 2.51. The summed E-state index contributed by atoms with van der Waals surface area (Å²) in [6.07, 6.45) is 1.32. The second-order valence-corrected chi connectivity index (χ2v) is 3.81. The first-order chi connectivity index (χ1) is 9.52. The lowest BCUT2D eigenvalue weighted by atomic mass is 10.3. The highest BCUT2D eigenvalue weighted by atomic mass is 16.6. The maximum atomic E-state index is 11.0. The molecule has 0 aliphatic heterocycles. The molecule has 0 aliphatic rings. The minimum absolute atomic E-state index is 0.0357. The Bertz CT molecular complexity index is 660. The van der Waals surface area contributed by atoms with Crippen molar-refractivity contribution in [3.63, 3.8) is 0 Å². The number of nitrogens with two attached hydrogens (primary N) is 2. The number of ether oxygens (including phenoxy) is 2. The number of rotatable bonds is 4. The summed E-state index contributed by atoms with van der Waals surface area (Å²) in [5.41, 5.74) is 11.2. The fraction of sp³-hybridized carbons (Fsp3) is 0.0833. The van der Waals surface area contributed by atoms with Gasteiger partial charge in [0.25, 0.3) is 0 Å². The SMILES string of the molecule is COc1ccc(N)cc1Oc1ccnc(N)c1[N+](=O)[O-]. The summed E-state index contributed by atoms with van der Waals surface area (Å²) in [6, 6.07) is 6.07. The van der Waals surface area contributed by atoms with Crippen molar-refractivity contribution in [3.05, 3.63) is 40.6 Å². The highest BCUT2D eigenvalue weighted by molar-refractivity contribution is 5.63. The monoisotopic (exact) mass is 276 g/mol. The highest BCUT2D eigenvalue weighted by Crippen LogP contribution is 2.38. The van der Waals surface area contributed by atoms with Crippen molar-refractivity contribution >= 4 is 17.2 Å². The van der Waals surface area contributed by atoms with Crippen molar-refractivity contribution in [1.82, 2.24) is 4.98 Å². The van der Waals surface area contributed by atoms with Crippen LogP contribution in [0.5, 0.6) is 17.2 Å². The lowest BCUT2D eigenvalue weighted by Gasteiger charge is -2.11. The number of aromatic nitrogens is 1. The average Bonchev–Trinajstić information content (AvgIpc) is 2.38. The first kappa shape index (κ1) is 13.4. The Morgan fingerprint density at radius 1 is 1.20 bits per heavy atom. The Morgan fingerprint density at radius 2 is 1.95 bits per heavy atom. The molecule has 8 heteroatoms. The van der Waals surface area contributed by atoms with Gasteiger partial charge in [0.2, 0.25) is 11.6 Å². The molecule has 20 heavy (non-hydrogen) atoms. The summed E-state index contributed by atoms with van der Waals surface area (Å²) < 4.78 is 10.6. The fourth-order valence-electron chi connectivity index (χ4n) is 1.61. The number of benzene rings is 1. The van der Waals surface area contributed by atoms with Crippen LogP contribution in [-0.4, -0.2) is 17.0 Å². The zero-order chi connectivity index (χ0) is 14.7. The van der Waals surface area contributed by atoms with Gasteiger partial charge < -0.3 is 20.9 Å². The molecule has 0 saturated carbocycles. The summed E-state index contributed by atoms with van der Waals surface area (Å²) in [6.45, 7) is 0. The number of pyridine rings is 1. The van der Waals surface area contributed by atoms with Crippen molar-refractivity contribution < 1.29 is 14.4 Å². The zero-order valence-corrected chi connectivity index (χ0v) is 10.6. The molecule has 8 nitrogen and oxygen atoms in total. The van der Waals surface area contributed by atoms with Gasteiger partial charge in [-0.25, -0.2) is 4.98 Å². The number of nitrogen functional groups attached to an aromatic ring is 2. The van der Waals surface area contributed by atoms with Crippen LogP contribution in [0.1, 0.15) is 0 Å². The predicted octanol–water partition coefficient (Wildman–Crippen LogP) is 1.96. The molecule has 0 radical (unpaired) electrons. The number of hydrogen-bond donors (Lipinski definition) is 2. The van der Waals surface area contributed by atoms with Crippen molar-refractivity contribution in [2.24, 2.45) is 0 Å². The van der Waals surface area contributed by atoms with E-state index in [1.165, 1.54) is 25.4 Å². The van der Waals surface area contributed by atoms with E-state index in [1.807, 2.05) is 0 Å². The summed E-state index contributed by atoms with van der Waals surface area (Å²) >= 11 is 0. The molecule has 104 valence electrons. The van der Waals surface area contributed by atoms with Crippen molar-refractivity contribution in [1.29, 1.82) is 0 Å². The number of hydrogen-bond acceptors (Lipinski definition) is 7. The second kappa shape index (κ2) is 5.31. The van der Waals surface area contributed by atoms with Gasteiger partial charge in [0.1, 0.15) is 0 Å². The van der Waals surface area contributed by atoms with Gasteiger partial charge in [-0.15, -0.1) is 0 Å². The lowest BCUT2D eigenvalue weighted by molar-refractivity contribution is -0.384. The summed E-state index contributed by atoms with van der Waals surface area (Å²) in [7, 11) is 1.45. The van der Waals surface area contributed by atoms with Crippen LogP contribution >= 0.6 is 0 Å². The van der Waals surface area contributed by atoms with Crippen molar-refractivity contribution in [2.75, 3.05) is 18.6 Å². The quantitative estimate of drug-likeness (QED) is 0.496. The molecule has 0 amide bonds. The Labute approximate surface area is 114 Å². The Morgan fingerprint density at radius 3 is 2.60 bits per heavy atom. The topological polar surface area (TPSA) is 127 Å². The molecule has 4 N–H and O–H groups in total. The minimum Gasteiger partial charge on any atom is -0.493 e. The number of nitrogens with zero attached hydrogens (tertiary/aromatic N) is 2. The predicted molar refractivity (Wildman–Crippen MR) is 72.8 cm³/mol. The van der Waals surface area contributed by atoms with Gasteiger partial charge in [0.15, 0.2) is 11.5 Å². The highest BCUT2D eigenvalue weighted by Gasteiger charge is 2.22. The van der Waals surface area contributed by atoms with Gasteiger partial charge in [-0.3, -0.25) is 10.1 Å². The third kappa shape index (κ3) is 2.53. The maximum absolute atomic E-state index is 11.0. The Kier molecular flexibility index (Phi) is 3.56. The van der Waals surface area contributed by atoms with E-state index in [0.717, 1.165) is 0 Å². The van der Waals surface area contributed by atoms with E-state index in [1.54, 1.807) is 12.1 Å². The zero-order valence-electron chi connectivity index (χ0n) is 10.6. The van der Waals surface area contributed by atoms with Crippen LogP contribution in [0.15, 0.2) is 30.5 Å². The van der Waals surface area contributed by atoms with Gasteiger partial charge in [-0.2, -0.15) is 0 Å². The molecule has 2 aromatic rings. The van der Waals surface area contributed by atoms with Crippen molar-refractivity contribution in [2.45, 2.75) is 0 Å². The smallest absolute Gasteiger partial charge is 0.353 e. The largest absolute Gasteiger partial charge is 0.493 e. The molecular formula is C12H12N4O4. The summed E-state index contributed by atoms with van der Waals surface area (Å²) in [5.74, 6) is 0.381. The minimum atomic E-state index is -0.656. The standard InChI is InChI=1S/C12H12N4O4/c1-19-8-3-2-7(13)6-10(8)20-9-4-5-15-12(14)11(9)16(17)18/h2-6H,13H2,1H3,(H2,14,15). The molecule has 1 heterocycles. The van der Waals surface area contributed by atoms with E-state index in [-0.39, 0.29) is 17.3 Å². The van der Waals surface area contributed by atoms with Crippen LogP contribution in [0.4, 0.5) is 17.2 Å². The first-order valence-electron chi connectivity index (χ1n) is 5.53. The molecule has 0 bridgehead atoms. The molecule has 2 rings (SSSR count). The van der Waals surface area contributed by atoms with Crippen LogP contribution < -0.4 is 20.9 Å². The van der Waals surface area contributed by atoms with Crippen LogP contribution in [0.2, 0.25) is 0 Å². The van der Waals surface area contributed by atoms with Gasteiger partial charge in [0, 0.05) is 24.0 Å². The van der Waals surface area contributed by atoms with Gasteiger partial charge >= 0.3 is 5.69 Å². The summed E-state index contributed by atoms with van der Waals surface area (Å²) in [4.78, 5) is 14.0. The van der Waals surface area contributed by atoms with E-state index in [9.17, 15) is 10.1 Å². The normalized spacial score (nSPS) is 10.1. The first-order valence-corrected chi connectivity index (χ1v) is 5.53. The number of nitro groups is 1. The van der Waals surface area contributed by atoms with Crippen LogP contribution in [0, 0.1) is 10.1 Å². The molecule has 0 unspecified atom stereocenters. The van der Waals surface area contributed by atoms with Crippen LogP contribution in [0.25, 0.3) is 0 Å². The second-order valence-electron chi connectivity index (χ2n) is 3.81. The summed E-state index contributed by atoms with van der Waals surface area (Å²) in [5, 5.41) is 11.0. The number of methoxy groups -OCH3 is 1. The molecule has 0 fully saturated rings. The van der Waals surface area contributed by atoms with E-state index in [0.29, 0.717) is 11.4 Å². The van der Waals surface area contributed by atoms with Crippen molar-refractivity contribution in [3.8, 4) is 17.2 Å². The average molecular weight is 276 g/mol. The van der Waals surface area contributed by atoms with Gasteiger partial charge in [-0.05, 0) is 12.1 Å². The fourth-order valence-corrected chi connectivity index (χ4v) is 1.61. The molecule has 0 spiro atoms.